The maximum Gasteiger partial charge on any atom is 0.229 e. The van der Waals surface area contributed by atoms with E-state index in [0.717, 1.165) is 0 Å². The normalized spacial score (nSPS) is 25.7. The van der Waals surface area contributed by atoms with E-state index in [2.05, 4.69) is 0 Å². The van der Waals surface area contributed by atoms with Crippen LogP contribution in [0.5, 0.6) is 0 Å². The first-order chi connectivity index (χ1) is 6.88. The van der Waals surface area contributed by atoms with Gasteiger partial charge in [-0.05, 0) is 20.3 Å². The Morgan fingerprint density at radius 1 is 1.60 bits per heavy atom. The number of carbonyl (C=O) groups excluding carboxylic acids is 1. The van der Waals surface area contributed by atoms with Crippen molar-refractivity contribution in [2.45, 2.75) is 31.8 Å². The summed E-state index contributed by atoms with van der Waals surface area (Å²) in [7, 11) is 1.72. The van der Waals surface area contributed by atoms with Crippen LogP contribution in [0, 0.1) is 5.92 Å². The summed E-state index contributed by atoms with van der Waals surface area (Å²) in [5.74, 6) is -0.103. The Morgan fingerprint density at radius 3 is 2.60 bits per heavy atom. The second-order valence-electron chi connectivity index (χ2n) is 4.76. The van der Waals surface area contributed by atoms with Gasteiger partial charge >= 0.3 is 0 Å². The van der Waals surface area contributed by atoms with E-state index < -0.39 is 5.54 Å². The van der Waals surface area contributed by atoms with Crippen LogP contribution < -0.4 is 5.73 Å². The maximum absolute atomic E-state index is 12.0. The van der Waals surface area contributed by atoms with Crippen LogP contribution in [-0.2, 0) is 4.79 Å². The average Bonchev–Trinajstić information content (AvgIpc) is 2.62. The predicted octanol–water partition coefficient (Wildman–Crippen LogP) is 0.119. The molecule has 0 radical (unpaired) electrons. The van der Waals surface area contributed by atoms with Gasteiger partial charge in [0.25, 0.3) is 0 Å². The van der Waals surface area contributed by atoms with Crippen molar-refractivity contribution in [2.24, 2.45) is 11.7 Å². The van der Waals surface area contributed by atoms with Gasteiger partial charge < -0.3 is 15.7 Å². The average molecular weight is 212 g/mol. The Kier molecular flexibility index (Phi) is 3.52. The van der Waals surface area contributed by atoms with E-state index in [1.807, 2.05) is 26.0 Å². The topological polar surface area (TPSA) is 66.6 Å². The second kappa shape index (κ2) is 4.33. The van der Waals surface area contributed by atoms with Gasteiger partial charge in [0.05, 0.1) is 18.1 Å². The lowest BCUT2D eigenvalue weighted by Gasteiger charge is -2.35. The first-order valence-electron chi connectivity index (χ1n) is 5.21. The van der Waals surface area contributed by atoms with Gasteiger partial charge in [-0.2, -0.15) is 0 Å². The van der Waals surface area contributed by atoms with Crippen LogP contribution in [0.2, 0.25) is 0 Å². The SMILES string of the molecule is CN(C(=O)C1C=CC(N)C1)C(C)(C)CO. The summed E-state index contributed by atoms with van der Waals surface area (Å²) in [6, 6.07) is -0.00964. The van der Waals surface area contributed by atoms with Crippen molar-refractivity contribution in [2.75, 3.05) is 13.7 Å². The quantitative estimate of drug-likeness (QED) is 0.653. The van der Waals surface area contributed by atoms with E-state index in [9.17, 15) is 9.90 Å². The van der Waals surface area contributed by atoms with Gasteiger partial charge in [-0.3, -0.25) is 4.79 Å². The highest BCUT2D eigenvalue weighted by Crippen LogP contribution is 2.22. The second-order valence-corrected chi connectivity index (χ2v) is 4.76. The Morgan fingerprint density at radius 2 is 2.20 bits per heavy atom. The molecule has 1 amide bonds. The highest BCUT2D eigenvalue weighted by atomic mass is 16.3. The third kappa shape index (κ3) is 2.58. The number of likely N-dealkylation sites (N-methyl/N-ethyl adjacent to an activating group) is 1. The Labute approximate surface area is 90.7 Å². The van der Waals surface area contributed by atoms with Crippen LogP contribution >= 0.6 is 0 Å². The molecule has 2 atom stereocenters. The molecule has 3 N–H and O–H groups in total. The smallest absolute Gasteiger partial charge is 0.229 e. The molecule has 1 rings (SSSR count). The molecule has 0 aromatic carbocycles. The number of carbonyl (C=O) groups is 1. The molecule has 4 nitrogen and oxygen atoms in total. The minimum absolute atomic E-state index is 0.00964. The molecular formula is C11H20N2O2. The van der Waals surface area contributed by atoms with Crippen molar-refractivity contribution in [3.05, 3.63) is 12.2 Å². The molecule has 0 aromatic heterocycles. The Bertz CT molecular complexity index is 274. The number of aliphatic hydroxyl groups excluding tert-OH is 1. The van der Waals surface area contributed by atoms with Crippen molar-refractivity contribution in [3.63, 3.8) is 0 Å². The maximum atomic E-state index is 12.0. The number of rotatable bonds is 3. The van der Waals surface area contributed by atoms with Crippen molar-refractivity contribution < 1.29 is 9.90 Å². The lowest BCUT2D eigenvalue weighted by Crippen LogP contribution is -2.49. The van der Waals surface area contributed by atoms with Gasteiger partial charge in [-0.15, -0.1) is 0 Å². The Balaban J connectivity index is 2.65. The van der Waals surface area contributed by atoms with Gasteiger partial charge in [0.2, 0.25) is 5.91 Å². The number of nitrogens with two attached hydrogens (primary N) is 1. The lowest BCUT2D eigenvalue weighted by atomic mass is 10.0. The molecule has 0 saturated heterocycles. The molecule has 0 bridgehead atoms. The fourth-order valence-corrected chi connectivity index (χ4v) is 1.56. The van der Waals surface area contributed by atoms with Gasteiger partial charge in [-0.1, -0.05) is 12.2 Å². The van der Waals surface area contributed by atoms with E-state index in [1.54, 1.807) is 11.9 Å². The molecule has 86 valence electrons. The lowest BCUT2D eigenvalue weighted by molar-refractivity contribution is -0.138. The Hall–Kier alpha value is -0.870. The molecule has 2 unspecified atom stereocenters. The molecule has 4 heteroatoms. The summed E-state index contributed by atoms with van der Waals surface area (Å²) in [6.45, 7) is 3.63. The number of nitrogens with zero attached hydrogens (tertiary/aromatic N) is 1. The van der Waals surface area contributed by atoms with Gasteiger partial charge in [0.15, 0.2) is 0 Å². The first kappa shape index (κ1) is 12.2. The van der Waals surface area contributed by atoms with Crippen LogP contribution in [0.3, 0.4) is 0 Å². The van der Waals surface area contributed by atoms with Crippen LogP contribution in [0.4, 0.5) is 0 Å². The molecule has 15 heavy (non-hydrogen) atoms. The molecular weight excluding hydrogens is 192 g/mol. The van der Waals surface area contributed by atoms with E-state index >= 15 is 0 Å². The molecule has 0 aromatic rings. The molecule has 1 aliphatic rings. The molecule has 0 heterocycles. The molecule has 0 fully saturated rings. The van der Waals surface area contributed by atoms with Crippen LogP contribution in [-0.4, -0.2) is 41.1 Å². The zero-order valence-corrected chi connectivity index (χ0v) is 9.60. The van der Waals surface area contributed by atoms with Crippen molar-refractivity contribution in [1.29, 1.82) is 0 Å². The summed E-state index contributed by atoms with van der Waals surface area (Å²) in [6.07, 6.45) is 4.39. The van der Waals surface area contributed by atoms with Crippen LogP contribution in [0.1, 0.15) is 20.3 Å². The zero-order chi connectivity index (χ0) is 11.6. The number of amides is 1. The van der Waals surface area contributed by atoms with Crippen LogP contribution in [0.15, 0.2) is 12.2 Å². The van der Waals surface area contributed by atoms with E-state index in [-0.39, 0.29) is 24.5 Å². The largest absolute Gasteiger partial charge is 0.394 e. The summed E-state index contributed by atoms with van der Waals surface area (Å²) >= 11 is 0. The summed E-state index contributed by atoms with van der Waals surface area (Å²) in [4.78, 5) is 13.6. The van der Waals surface area contributed by atoms with Crippen LogP contribution in [0.25, 0.3) is 0 Å². The van der Waals surface area contributed by atoms with Gasteiger partial charge in [0.1, 0.15) is 0 Å². The third-order valence-electron chi connectivity index (χ3n) is 3.06. The molecule has 0 spiro atoms. The fourth-order valence-electron chi connectivity index (χ4n) is 1.56. The van der Waals surface area contributed by atoms with E-state index in [0.29, 0.717) is 6.42 Å². The van der Waals surface area contributed by atoms with Crippen molar-refractivity contribution in [3.8, 4) is 0 Å². The summed E-state index contributed by atoms with van der Waals surface area (Å²) in [5, 5.41) is 9.17. The highest BCUT2D eigenvalue weighted by Gasteiger charge is 2.32. The monoisotopic (exact) mass is 212 g/mol. The van der Waals surface area contributed by atoms with E-state index in [4.69, 9.17) is 5.73 Å². The number of hydrogen-bond acceptors (Lipinski definition) is 3. The summed E-state index contributed by atoms with van der Waals surface area (Å²) < 4.78 is 0. The zero-order valence-electron chi connectivity index (χ0n) is 9.60. The minimum Gasteiger partial charge on any atom is -0.394 e. The summed E-state index contributed by atoms with van der Waals surface area (Å²) in [5.41, 5.74) is 5.18. The fraction of sp³-hybridized carbons (Fsp3) is 0.727. The molecule has 1 aliphatic carbocycles. The molecule has 0 saturated carbocycles. The third-order valence-corrected chi connectivity index (χ3v) is 3.06. The van der Waals surface area contributed by atoms with Crippen molar-refractivity contribution in [1.82, 2.24) is 4.90 Å². The predicted molar refractivity (Wildman–Crippen MR) is 59.2 cm³/mol. The number of aliphatic hydroxyl groups is 1. The van der Waals surface area contributed by atoms with Gasteiger partial charge in [-0.25, -0.2) is 0 Å². The standard InChI is InChI=1S/C11H20N2O2/c1-11(2,7-14)13(3)10(15)8-4-5-9(12)6-8/h4-5,8-9,14H,6-7,12H2,1-3H3. The number of hydrogen-bond donors (Lipinski definition) is 2. The minimum atomic E-state index is -0.516. The van der Waals surface area contributed by atoms with Crippen molar-refractivity contribution >= 4 is 5.91 Å². The first-order valence-corrected chi connectivity index (χ1v) is 5.21. The van der Waals surface area contributed by atoms with E-state index in [1.165, 1.54) is 0 Å². The molecule has 0 aliphatic heterocycles. The van der Waals surface area contributed by atoms with Gasteiger partial charge in [0, 0.05) is 13.1 Å². The highest BCUT2D eigenvalue weighted by molar-refractivity contribution is 5.81.